The second kappa shape index (κ2) is 6.60. The highest BCUT2D eigenvalue weighted by atomic mass is 16.7. The van der Waals surface area contributed by atoms with Crippen LogP contribution in [0.1, 0.15) is 22.9 Å². The molecule has 2 aromatic rings. The van der Waals surface area contributed by atoms with E-state index in [0.717, 1.165) is 28.5 Å². The number of aryl methyl sites for hydroxylation is 2. The van der Waals surface area contributed by atoms with Crippen molar-refractivity contribution < 1.29 is 13.9 Å². The number of benzene rings is 1. The van der Waals surface area contributed by atoms with Gasteiger partial charge in [-0.25, -0.2) is 4.98 Å². The molecule has 122 valence electrons. The van der Waals surface area contributed by atoms with Crippen molar-refractivity contribution in [3.05, 3.63) is 41.1 Å². The SMILES string of the molecule is CN=C(NCc1ccc2c(c1)OCO2)NCc1nc(C)c(C)o1. The van der Waals surface area contributed by atoms with Gasteiger partial charge in [-0.3, -0.25) is 4.99 Å². The lowest BCUT2D eigenvalue weighted by molar-refractivity contribution is 0.174. The summed E-state index contributed by atoms with van der Waals surface area (Å²) in [5.41, 5.74) is 1.99. The Morgan fingerprint density at radius 3 is 2.70 bits per heavy atom. The molecule has 0 atom stereocenters. The van der Waals surface area contributed by atoms with Crippen LogP contribution >= 0.6 is 0 Å². The van der Waals surface area contributed by atoms with E-state index >= 15 is 0 Å². The number of fused-ring (bicyclic) bond motifs is 1. The molecule has 1 aromatic heterocycles. The minimum Gasteiger partial charge on any atom is -0.454 e. The van der Waals surface area contributed by atoms with Crippen LogP contribution in [0.3, 0.4) is 0 Å². The quantitative estimate of drug-likeness (QED) is 0.662. The molecule has 0 spiro atoms. The first-order valence-corrected chi connectivity index (χ1v) is 7.41. The zero-order chi connectivity index (χ0) is 16.2. The summed E-state index contributed by atoms with van der Waals surface area (Å²) < 4.78 is 16.2. The maximum Gasteiger partial charge on any atom is 0.231 e. The highest BCUT2D eigenvalue weighted by molar-refractivity contribution is 5.79. The molecule has 0 saturated carbocycles. The molecule has 0 fully saturated rings. The van der Waals surface area contributed by atoms with Gasteiger partial charge in [-0.05, 0) is 31.5 Å². The van der Waals surface area contributed by atoms with Crippen LogP contribution in [0.25, 0.3) is 0 Å². The molecule has 3 rings (SSSR count). The molecular weight excluding hydrogens is 296 g/mol. The third-order valence-electron chi connectivity index (χ3n) is 3.60. The lowest BCUT2D eigenvalue weighted by Crippen LogP contribution is -2.36. The fourth-order valence-corrected chi connectivity index (χ4v) is 2.23. The predicted molar refractivity (Wildman–Crippen MR) is 85.6 cm³/mol. The van der Waals surface area contributed by atoms with Gasteiger partial charge < -0.3 is 24.5 Å². The van der Waals surface area contributed by atoms with Crippen LogP contribution in [0, 0.1) is 13.8 Å². The smallest absolute Gasteiger partial charge is 0.231 e. The second-order valence-corrected chi connectivity index (χ2v) is 5.22. The average Bonchev–Trinajstić information content (AvgIpc) is 3.14. The van der Waals surface area contributed by atoms with Gasteiger partial charge in [0.1, 0.15) is 5.76 Å². The number of aliphatic imine (C=N–C) groups is 1. The van der Waals surface area contributed by atoms with Crippen LogP contribution in [0.4, 0.5) is 0 Å². The van der Waals surface area contributed by atoms with Crippen molar-refractivity contribution in [2.75, 3.05) is 13.8 Å². The van der Waals surface area contributed by atoms with E-state index in [0.29, 0.717) is 24.9 Å². The van der Waals surface area contributed by atoms with Crippen LogP contribution in [-0.4, -0.2) is 24.8 Å². The summed E-state index contributed by atoms with van der Waals surface area (Å²) >= 11 is 0. The highest BCUT2D eigenvalue weighted by Crippen LogP contribution is 2.32. The Morgan fingerprint density at radius 2 is 1.96 bits per heavy atom. The molecule has 0 bridgehead atoms. The van der Waals surface area contributed by atoms with Crippen LogP contribution in [0.5, 0.6) is 11.5 Å². The topological polar surface area (TPSA) is 80.9 Å². The number of aromatic nitrogens is 1. The van der Waals surface area contributed by atoms with Crippen molar-refractivity contribution in [1.82, 2.24) is 15.6 Å². The predicted octanol–water partition coefficient (Wildman–Crippen LogP) is 1.89. The first-order chi connectivity index (χ1) is 11.2. The number of oxazole rings is 1. The number of hydrogen-bond donors (Lipinski definition) is 2. The number of rotatable bonds is 4. The Bertz CT molecular complexity index is 705. The number of guanidine groups is 1. The molecular formula is C16H20N4O3. The van der Waals surface area contributed by atoms with Crippen molar-refractivity contribution in [2.24, 2.45) is 4.99 Å². The molecule has 0 unspecified atom stereocenters. The first-order valence-electron chi connectivity index (χ1n) is 7.41. The third-order valence-corrected chi connectivity index (χ3v) is 3.60. The monoisotopic (exact) mass is 316 g/mol. The van der Waals surface area contributed by atoms with Crippen LogP contribution in [0.15, 0.2) is 27.6 Å². The van der Waals surface area contributed by atoms with E-state index in [1.54, 1.807) is 7.05 Å². The van der Waals surface area contributed by atoms with Crippen molar-refractivity contribution in [3.63, 3.8) is 0 Å². The minimum atomic E-state index is 0.282. The molecule has 1 aromatic carbocycles. The molecule has 7 heteroatoms. The van der Waals surface area contributed by atoms with Gasteiger partial charge in [0.2, 0.25) is 12.7 Å². The number of nitrogens with one attached hydrogen (secondary N) is 2. The van der Waals surface area contributed by atoms with Gasteiger partial charge in [-0.15, -0.1) is 0 Å². The molecule has 0 saturated heterocycles. The van der Waals surface area contributed by atoms with E-state index in [4.69, 9.17) is 13.9 Å². The van der Waals surface area contributed by atoms with E-state index in [1.165, 1.54) is 0 Å². The molecule has 23 heavy (non-hydrogen) atoms. The van der Waals surface area contributed by atoms with Crippen molar-refractivity contribution in [3.8, 4) is 11.5 Å². The summed E-state index contributed by atoms with van der Waals surface area (Å²) in [6.45, 7) is 5.22. The molecule has 1 aliphatic rings. The molecule has 2 heterocycles. The van der Waals surface area contributed by atoms with Gasteiger partial charge in [-0.1, -0.05) is 6.07 Å². The Balaban J connectivity index is 1.53. The normalized spacial score (nSPS) is 13.3. The Morgan fingerprint density at radius 1 is 1.17 bits per heavy atom. The highest BCUT2D eigenvalue weighted by Gasteiger charge is 2.13. The first kappa shape index (κ1) is 15.2. The average molecular weight is 316 g/mol. The zero-order valence-electron chi connectivity index (χ0n) is 13.5. The summed E-state index contributed by atoms with van der Waals surface area (Å²) in [5, 5.41) is 6.42. The largest absolute Gasteiger partial charge is 0.454 e. The van der Waals surface area contributed by atoms with Crippen LogP contribution in [-0.2, 0) is 13.1 Å². The Hall–Kier alpha value is -2.70. The third kappa shape index (κ3) is 3.56. The van der Waals surface area contributed by atoms with Gasteiger partial charge in [0.15, 0.2) is 17.5 Å². The molecule has 2 N–H and O–H groups in total. The second-order valence-electron chi connectivity index (χ2n) is 5.22. The zero-order valence-corrected chi connectivity index (χ0v) is 13.5. The van der Waals surface area contributed by atoms with Gasteiger partial charge in [0, 0.05) is 13.6 Å². The maximum absolute atomic E-state index is 5.54. The van der Waals surface area contributed by atoms with Gasteiger partial charge in [0.05, 0.1) is 12.2 Å². The van der Waals surface area contributed by atoms with Gasteiger partial charge in [-0.2, -0.15) is 0 Å². The molecule has 1 aliphatic heterocycles. The lowest BCUT2D eigenvalue weighted by atomic mass is 10.2. The van der Waals surface area contributed by atoms with E-state index in [1.807, 2.05) is 32.0 Å². The lowest BCUT2D eigenvalue weighted by Gasteiger charge is -2.11. The summed E-state index contributed by atoms with van der Waals surface area (Å²) in [4.78, 5) is 8.52. The summed E-state index contributed by atoms with van der Waals surface area (Å²) in [7, 11) is 1.72. The van der Waals surface area contributed by atoms with E-state index < -0.39 is 0 Å². The summed E-state index contributed by atoms with van der Waals surface area (Å²) in [6.07, 6.45) is 0. The number of ether oxygens (including phenoxy) is 2. The molecule has 0 aliphatic carbocycles. The fourth-order valence-electron chi connectivity index (χ4n) is 2.23. The minimum absolute atomic E-state index is 0.282. The Labute approximate surface area is 134 Å². The fraction of sp³-hybridized carbons (Fsp3) is 0.375. The van der Waals surface area contributed by atoms with Gasteiger partial charge in [0.25, 0.3) is 0 Å². The van der Waals surface area contributed by atoms with Crippen LogP contribution < -0.4 is 20.1 Å². The van der Waals surface area contributed by atoms with Gasteiger partial charge >= 0.3 is 0 Å². The number of hydrogen-bond acceptors (Lipinski definition) is 5. The Kier molecular flexibility index (Phi) is 4.36. The van der Waals surface area contributed by atoms with Crippen LogP contribution in [0.2, 0.25) is 0 Å². The van der Waals surface area contributed by atoms with E-state index in [-0.39, 0.29) is 6.79 Å². The molecule has 0 radical (unpaired) electrons. The van der Waals surface area contributed by atoms with Crippen molar-refractivity contribution in [2.45, 2.75) is 26.9 Å². The summed E-state index contributed by atoms with van der Waals surface area (Å²) in [6, 6.07) is 5.87. The van der Waals surface area contributed by atoms with Crippen molar-refractivity contribution in [1.29, 1.82) is 0 Å². The van der Waals surface area contributed by atoms with E-state index in [2.05, 4.69) is 20.6 Å². The standard InChI is InChI=1S/C16H20N4O3/c1-10-11(2)23-15(20-10)8-19-16(17-3)18-7-12-4-5-13-14(6-12)22-9-21-13/h4-6H,7-9H2,1-3H3,(H2,17,18,19). The summed E-state index contributed by atoms with van der Waals surface area (Å²) in [5.74, 6) is 3.72. The van der Waals surface area contributed by atoms with E-state index in [9.17, 15) is 0 Å². The van der Waals surface area contributed by atoms with Crippen molar-refractivity contribution >= 4 is 5.96 Å². The number of nitrogens with zero attached hydrogens (tertiary/aromatic N) is 2. The maximum atomic E-state index is 5.54. The molecule has 7 nitrogen and oxygen atoms in total. The molecule has 0 amide bonds.